The minimum Gasteiger partial charge on any atom is -0.392 e. The lowest BCUT2D eigenvalue weighted by Gasteiger charge is -2.34. The van der Waals surface area contributed by atoms with E-state index in [1.54, 1.807) is 0 Å². The Morgan fingerprint density at radius 3 is 2.50 bits per heavy atom. The second-order valence-electron chi connectivity index (χ2n) is 5.37. The predicted molar refractivity (Wildman–Crippen MR) is 75.3 cm³/mol. The third kappa shape index (κ3) is 3.33. The number of thioether (sulfide) groups is 2. The maximum atomic E-state index is 10.3. The fraction of sp³-hybridized carbons (Fsp3) is 1.00. The van der Waals surface area contributed by atoms with Gasteiger partial charge in [0.2, 0.25) is 0 Å². The molecule has 1 saturated heterocycles. The van der Waals surface area contributed by atoms with Crippen LogP contribution in [0.5, 0.6) is 0 Å². The molecule has 4 atom stereocenters. The summed E-state index contributed by atoms with van der Waals surface area (Å²) < 4.78 is 0. The minimum atomic E-state index is -0.0597. The van der Waals surface area contributed by atoms with Gasteiger partial charge >= 0.3 is 0 Å². The van der Waals surface area contributed by atoms with Crippen LogP contribution < -0.4 is 0 Å². The van der Waals surface area contributed by atoms with Crippen molar-refractivity contribution in [3.05, 3.63) is 0 Å². The Balaban J connectivity index is 1.78. The highest BCUT2D eigenvalue weighted by Crippen LogP contribution is 2.39. The van der Waals surface area contributed by atoms with Gasteiger partial charge in [-0.2, -0.15) is 23.5 Å². The molecule has 2 fully saturated rings. The van der Waals surface area contributed by atoms with E-state index in [0.29, 0.717) is 10.5 Å². The largest absolute Gasteiger partial charge is 0.392 e. The molecule has 0 aromatic heterocycles. The van der Waals surface area contributed by atoms with E-state index >= 15 is 0 Å². The van der Waals surface area contributed by atoms with E-state index in [1.165, 1.54) is 25.7 Å². The van der Waals surface area contributed by atoms with E-state index < -0.39 is 0 Å². The molecule has 0 aromatic rings. The molecule has 1 heterocycles. The van der Waals surface area contributed by atoms with Crippen molar-refractivity contribution in [3.8, 4) is 0 Å². The molecule has 1 saturated carbocycles. The van der Waals surface area contributed by atoms with Gasteiger partial charge in [0.25, 0.3) is 0 Å². The number of aliphatic hydroxyl groups excluding tert-OH is 1. The first-order chi connectivity index (χ1) is 7.66. The van der Waals surface area contributed by atoms with Crippen LogP contribution >= 0.6 is 23.5 Å². The van der Waals surface area contributed by atoms with Gasteiger partial charge in [0.15, 0.2) is 0 Å². The fourth-order valence-electron chi connectivity index (χ4n) is 2.75. The van der Waals surface area contributed by atoms with Gasteiger partial charge in [-0.25, -0.2) is 0 Å². The summed E-state index contributed by atoms with van der Waals surface area (Å²) in [5, 5.41) is 12.2. The van der Waals surface area contributed by atoms with Gasteiger partial charge in [0.1, 0.15) is 0 Å². The van der Waals surface area contributed by atoms with Gasteiger partial charge in [0.05, 0.1) is 6.10 Å². The molecule has 1 nitrogen and oxygen atoms in total. The average molecular weight is 260 g/mol. The van der Waals surface area contributed by atoms with Crippen LogP contribution in [0.15, 0.2) is 0 Å². The van der Waals surface area contributed by atoms with Crippen LogP contribution in [-0.2, 0) is 0 Å². The van der Waals surface area contributed by atoms with Gasteiger partial charge in [-0.3, -0.25) is 0 Å². The number of rotatable bonds is 3. The Hall–Kier alpha value is 0.660. The lowest BCUT2D eigenvalue weighted by molar-refractivity contribution is 0.145. The zero-order chi connectivity index (χ0) is 11.5. The van der Waals surface area contributed by atoms with Crippen LogP contribution in [0, 0.1) is 5.92 Å². The van der Waals surface area contributed by atoms with Crippen LogP contribution in [0.2, 0.25) is 0 Å². The van der Waals surface area contributed by atoms with Crippen molar-refractivity contribution >= 4 is 23.5 Å². The van der Waals surface area contributed by atoms with Crippen LogP contribution in [0.1, 0.15) is 46.0 Å². The van der Waals surface area contributed by atoms with Gasteiger partial charge in [-0.05, 0) is 12.3 Å². The van der Waals surface area contributed by atoms with E-state index in [9.17, 15) is 5.11 Å². The monoisotopic (exact) mass is 260 g/mol. The Labute approximate surface area is 108 Å². The van der Waals surface area contributed by atoms with E-state index in [-0.39, 0.29) is 6.10 Å². The Kier molecular flexibility index (Phi) is 4.92. The van der Waals surface area contributed by atoms with Gasteiger partial charge < -0.3 is 5.11 Å². The molecule has 4 unspecified atom stereocenters. The third-order valence-electron chi connectivity index (χ3n) is 4.05. The molecule has 16 heavy (non-hydrogen) atoms. The lowest BCUT2D eigenvalue weighted by atomic mass is 9.99. The maximum absolute atomic E-state index is 10.3. The molecule has 0 radical (unpaired) electrons. The first-order valence-electron chi connectivity index (χ1n) is 6.62. The van der Waals surface area contributed by atoms with Gasteiger partial charge in [0, 0.05) is 21.5 Å². The zero-order valence-electron chi connectivity index (χ0n) is 10.4. The highest BCUT2D eigenvalue weighted by atomic mass is 32.2. The predicted octanol–water partition coefficient (Wildman–Crippen LogP) is 3.55. The van der Waals surface area contributed by atoms with E-state index in [1.807, 2.05) is 23.5 Å². The van der Waals surface area contributed by atoms with Crippen molar-refractivity contribution in [2.45, 2.75) is 67.8 Å². The molecule has 1 aliphatic carbocycles. The first kappa shape index (κ1) is 13.1. The summed E-state index contributed by atoms with van der Waals surface area (Å²) >= 11 is 4.05. The molecule has 1 N–H and O–H groups in total. The normalized spacial score (nSPS) is 38.8. The van der Waals surface area contributed by atoms with Gasteiger partial charge in [-0.1, -0.05) is 39.5 Å². The van der Waals surface area contributed by atoms with Crippen molar-refractivity contribution in [1.82, 2.24) is 0 Å². The van der Waals surface area contributed by atoms with Crippen LogP contribution in [0.25, 0.3) is 0 Å². The highest BCUT2D eigenvalue weighted by Gasteiger charge is 2.31. The van der Waals surface area contributed by atoms with Crippen LogP contribution in [0.4, 0.5) is 0 Å². The van der Waals surface area contributed by atoms with E-state index in [2.05, 4.69) is 13.8 Å². The van der Waals surface area contributed by atoms with Gasteiger partial charge in [-0.15, -0.1) is 0 Å². The van der Waals surface area contributed by atoms with Crippen molar-refractivity contribution in [2.75, 3.05) is 5.75 Å². The number of hydrogen-bond acceptors (Lipinski definition) is 3. The molecule has 1 aliphatic heterocycles. The van der Waals surface area contributed by atoms with Crippen molar-refractivity contribution < 1.29 is 5.11 Å². The Bertz CT molecular complexity index is 216. The summed E-state index contributed by atoms with van der Waals surface area (Å²) in [6, 6.07) is 0. The molecular formula is C13H24OS2. The standard InChI is InChI=1S/C13H24OS2/c1-9-10(2)16-13(8-15-9)12(14)7-11-5-3-4-6-11/h9-14H,3-8H2,1-2H3. The average Bonchev–Trinajstić information content (AvgIpc) is 2.74. The topological polar surface area (TPSA) is 20.2 Å². The molecule has 0 amide bonds. The number of aliphatic hydroxyl groups is 1. The van der Waals surface area contributed by atoms with Crippen LogP contribution in [0.3, 0.4) is 0 Å². The lowest BCUT2D eigenvalue weighted by Crippen LogP contribution is -2.35. The SMILES string of the molecule is CC1SCC(C(O)CC2CCCC2)SC1C. The quantitative estimate of drug-likeness (QED) is 0.838. The fourth-order valence-corrected chi connectivity index (χ4v) is 5.78. The van der Waals surface area contributed by atoms with Crippen LogP contribution in [-0.4, -0.2) is 32.7 Å². The molecule has 2 rings (SSSR count). The van der Waals surface area contributed by atoms with E-state index in [4.69, 9.17) is 0 Å². The summed E-state index contributed by atoms with van der Waals surface area (Å²) in [4.78, 5) is 0. The summed E-state index contributed by atoms with van der Waals surface area (Å²) in [6.45, 7) is 4.61. The number of hydrogen-bond donors (Lipinski definition) is 1. The minimum absolute atomic E-state index is 0.0597. The van der Waals surface area contributed by atoms with E-state index in [0.717, 1.165) is 23.3 Å². The smallest absolute Gasteiger partial charge is 0.0669 e. The zero-order valence-corrected chi connectivity index (χ0v) is 12.0. The maximum Gasteiger partial charge on any atom is 0.0669 e. The molecule has 0 spiro atoms. The molecule has 2 aliphatic rings. The Morgan fingerprint density at radius 1 is 1.19 bits per heavy atom. The summed E-state index contributed by atoms with van der Waals surface area (Å²) in [6.07, 6.45) is 6.48. The third-order valence-corrected chi connectivity index (χ3v) is 7.59. The summed E-state index contributed by atoms with van der Waals surface area (Å²) in [5.74, 6) is 1.96. The molecular weight excluding hydrogens is 236 g/mol. The second-order valence-corrected chi connectivity index (χ2v) is 8.40. The van der Waals surface area contributed by atoms with Crippen molar-refractivity contribution in [3.63, 3.8) is 0 Å². The molecule has 3 heteroatoms. The summed E-state index contributed by atoms with van der Waals surface area (Å²) in [5.41, 5.74) is 0. The second kappa shape index (κ2) is 6.01. The summed E-state index contributed by atoms with van der Waals surface area (Å²) in [7, 11) is 0. The highest BCUT2D eigenvalue weighted by molar-refractivity contribution is 8.07. The molecule has 0 aromatic carbocycles. The van der Waals surface area contributed by atoms with Crippen molar-refractivity contribution in [2.24, 2.45) is 5.92 Å². The van der Waals surface area contributed by atoms with Crippen molar-refractivity contribution in [1.29, 1.82) is 0 Å². The Morgan fingerprint density at radius 2 is 1.88 bits per heavy atom. The first-order valence-corrected chi connectivity index (χ1v) is 8.61. The molecule has 0 bridgehead atoms. The molecule has 94 valence electrons.